The van der Waals surface area contributed by atoms with Crippen LogP contribution in [0.15, 0.2) is 54.6 Å². The van der Waals surface area contributed by atoms with Crippen molar-refractivity contribution in [3.8, 4) is 17.0 Å². The maximum atomic E-state index is 12.4. The number of benzene rings is 2. The highest BCUT2D eigenvalue weighted by Crippen LogP contribution is 2.31. The monoisotopic (exact) mass is 366 g/mol. The number of hydrogen-bond donors (Lipinski definition) is 1. The number of ether oxygens (including phenoxy) is 1. The van der Waals surface area contributed by atoms with Crippen molar-refractivity contribution in [2.24, 2.45) is 0 Å². The predicted molar refractivity (Wildman–Crippen MR) is 103 cm³/mol. The first-order valence-corrected chi connectivity index (χ1v) is 8.89. The van der Waals surface area contributed by atoms with Crippen LogP contribution in [0.4, 0.5) is 5.13 Å². The molecule has 2 aromatic carbocycles. The molecule has 6 heteroatoms. The van der Waals surface area contributed by atoms with E-state index in [1.54, 1.807) is 7.11 Å². The number of thiazole rings is 1. The molecule has 1 amide bonds. The lowest BCUT2D eigenvalue weighted by Crippen LogP contribution is -2.14. The molecule has 0 radical (unpaired) electrons. The van der Waals surface area contributed by atoms with Gasteiger partial charge in [-0.25, -0.2) is 4.98 Å². The van der Waals surface area contributed by atoms with E-state index in [1.807, 2.05) is 54.6 Å². The predicted octanol–water partition coefficient (Wildman–Crippen LogP) is 4.20. The van der Waals surface area contributed by atoms with Gasteiger partial charge in [-0.1, -0.05) is 59.9 Å². The van der Waals surface area contributed by atoms with Gasteiger partial charge in [0.2, 0.25) is 5.91 Å². The Labute approximate surface area is 155 Å². The van der Waals surface area contributed by atoms with Gasteiger partial charge in [-0.15, -0.1) is 0 Å². The third-order valence-corrected chi connectivity index (χ3v) is 4.86. The van der Waals surface area contributed by atoms with Crippen molar-refractivity contribution in [3.63, 3.8) is 0 Å². The Balaban J connectivity index is 1.82. The zero-order valence-corrected chi connectivity index (χ0v) is 15.3. The fourth-order valence-electron chi connectivity index (χ4n) is 2.59. The number of Topliss-reactive ketones (excluding diaryl/α,β-unsaturated/α-hetero) is 1. The molecule has 26 heavy (non-hydrogen) atoms. The number of amides is 1. The molecule has 1 heterocycles. The molecule has 3 rings (SSSR count). The normalized spacial score (nSPS) is 10.4. The molecule has 132 valence electrons. The van der Waals surface area contributed by atoms with E-state index in [0.717, 1.165) is 11.1 Å². The first-order valence-electron chi connectivity index (χ1n) is 8.07. The third-order valence-electron chi connectivity index (χ3n) is 3.78. The molecule has 0 saturated carbocycles. The van der Waals surface area contributed by atoms with Crippen molar-refractivity contribution in [1.82, 2.24) is 4.98 Å². The molecule has 0 unspecified atom stereocenters. The highest BCUT2D eigenvalue weighted by atomic mass is 32.1. The van der Waals surface area contributed by atoms with Crippen LogP contribution < -0.4 is 10.1 Å². The summed E-state index contributed by atoms with van der Waals surface area (Å²) in [6.07, 6.45) is 0.166. The van der Waals surface area contributed by atoms with Crippen LogP contribution in [0.25, 0.3) is 11.3 Å². The number of rotatable bonds is 6. The Hall–Kier alpha value is -2.99. The van der Waals surface area contributed by atoms with Crippen molar-refractivity contribution in [2.45, 2.75) is 13.3 Å². The fraction of sp³-hybridized carbons (Fsp3) is 0.150. The van der Waals surface area contributed by atoms with Gasteiger partial charge in [0.1, 0.15) is 5.75 Å². The summed E-state index contributed by atoms with van der Waals surface area (Å²) in [7, 11) is 1.57. The third kappa shape index (κ3) is 3.97. The van der Waals surface area contributed by atoms with E-state index in [0.29, 0.717) is 21.5 Å². The molecule has 0 aliphatic heterocycles. The average molecular weight is 366 g/mol. The Bertz CT molecular complexity index is 935. The van der Waals surface area contributed by atoms with Gasteiger partial charge in [-0.3, -0.25) is 9.59 Å². The Morgan fingerprint density at radius 3 is 2.46 bits per heavy atom. The summed E-state index contributed by atoms with van der Waals surface area (Å²) in [4.78, 5) is 29.3. The van der Waals surface area contributed by atoms with Crippen LogP contribution in [0.1, 0.15) is 22.2 Å². The van der Waals surface area contributed by atoms with Crippen LogP contribution in [0.3, 0.4) is 0 Å². The molecule has 0 atom stereocenters. The summed E-state index contributed by atoms with van der Waals surface area (Å²) in [5.74, 6) is 0.376. The molecule has 1 aromatic heterocycles. The molecule has 3 aromatic rings. The summed E-state index contributed by atoms with van der Waals surface area (Å²) in [5, 5.41) is 3.20. The number of hydrogen-bond acceptors (Lipinski definition) is 5. The second-order valence-corrected chi connectivity index (χ2v) is 6.65. The summed E-state index contributed by atoms with van der Waals surface area (Å²) in [5.41, 5.74) is 2.23. The topological polar surface area (TPSA) is 68.3 Å². The van der Waals surface area contributed by atoms with Crippen molar-refractivity contribution >= 4 is 28.2 Å². The van der Waals surface area contributed by atoms with Crippen molar-refractivity contribution < 1.29 is 14.3 Å². The second-order valence-electron chi connectivity index (χ2n) is 5.66. The van der Waals surface area contributed by atoms with Gasteiger partial charge in [0, 0.05) is 18.1 Å². The van der Waals surface area contributed by atoms with Crippen LogP contribution in [0.2, 0.25) is 0 Å². The number of nitrogens with one attached hydrogen (secondary N) is 1. The Kier molecular flexibility index (Phi) is 5.43. The van der Waals surface area contributed by atoms with Crippen molar-refractivity contribution in [2.75, 3.05) is 12.4 Å². The highest BCUT2D eigenvalue weighted by Gasteiger charge is 2.18. The van der Waals surface area contributed by atoms with Gasteiger partial charge < -0.3 is 10.1 Å². The van der Waals surface area contributed by atoms with E-state index < -0.39 is 0 Å². The number of carbonyl (C=O) groups excluding carboxylic acids is 2. The van der Waals surface area contributed by atoms with Gasteiger partial charge in [-0.2, -0.15) is 0 Å². The molecule has 0 fully saturated rings. The standard InChI is InChI=1S/C20H18N2O3S/c1-13(23)19-18(14-8-4-3-5-9-14)22-20(26-19)21-17(24)12-15-10-6-7-11-16(15)25-2/h3-11H,12H2,1-2H3,(H,21,22,24). The van der Waals surface area contributed by atoms with Gasteiger partial charge in [0.25, 0.3) is 0 Å². The number of anilines is 1. The quantitative estimate of drug-likeness (QED) is 0.664. The zero-order chi connectivity index (χ0) is 18.5. The molecule has 0 aliphatic rings. The van der Waals surface area contributed by atoms with Crippen LogP contribution >= 0.6 is 11.3 Å². The van der Waals surface area contributed by atoms with Crippen LogP contribution in [-0.2, 0) is 11.2 Å². The van der Waals surface area contributed by atoms with E-state index in [4.69, 9.17) is 4.74 Å². The SMILES string of the molecule is COc1ccccc1CC(=O)Nc1nc(-c2ccccc2)c(C(C)=O)s1. The smallest absolute Gasteiger partial charge is 0.230 e. The summed E-state index contributed by atoms with van der Waals surface area (Å²) in [6, 6.07) is 16.8. The summed E-state index contributed by atoms with van der Waals surface area (Å²) < 4.78 is 5.27. The number of nitrogens with zero attached hydrogens (tertiary/aromatic N) is 1. The molecular weight excluding hydrogens is 348 g/mol. The first-order chi connectivity index (χ1) is 12.6. The number of aromatic nitrogens is 1. The lowest BCUT2D eigenvalue weighted by molar-refractivity contribution is -0.115. The molecule has 0 spiro atoms. The lowest BCUT2D eigenvalue weighted by atomic mass is 10.1. The molecule has 1 N–H and O–H groups in total. The van der Waals surface area contributed by atoms with Crippen molar-refractivity contribution in [1.29, 1.82) is 0 Å². The molecule has 0 aliphatic carbocycles. The Morgan fingerprint density at radius 1 is 1.08 bits per heavy atom. The molecule has 0 saturated heterocycles. The summed E-state index contributed by atoms with van der Waals surface area (Å²) >= 11 is 1.19. The van der Waals surface area contributed by atoms with Crippen molar-refractivity contribution in [3.05, 3.63) is 65.0 Å². The van der Waals surface area contributed by atoms with Gasteiger partial charge in [0.15, 0.2) is 10.9 Å². The number of carbonyl (C=O) groups is 2. The minimum atomic E-state index is -0.210. The molecular formula is C20H18N2O3S. The van der Waals surface area contributed by atoms with Gasteiger partial charge in [-0.05, 0) is 6.07 Å². The maximum absolute atomic E-state index is 12.4. The first kappa shape index (κ1) is 17.8. The minimum Gasteiger partial charge on any atom is -0.496 e. The average Bonchev–Trinajstić information content (AvgIpc) is 3.07. The van der Waals surface area contributed by atoms with E-state index in [9.17, 15) is 9.59 Å². The van der Waals surface area contributed by atoms with Crippen LogP contribution in [0.5, 0.6) is 5.75 Å². The number of ketones is 1. The largest absolute Gasteiger partial charge is 0.496 e. The fourth-order valence-corrected chi connectivity index (χ4v) is 3.49. The van der Waals surface area contributed by atoms with Crippen LogP contribution in [0, 0.1) is 0 Å². The maximum Gasteiger partial charge on any atom is 0.230 e. The molecule has 5 nitrogen and oxygen atoms in total. The highest BCUT2D eigenvalue weighted by molar-refractivity contribution is 7.18. The van der Waals surface area contributed by atoms with E-state index in [1.165, 1.54) is 18.3 Å². The van der Waals surface area contributed by atoms with E-state index >= 15 is 0 Å². The zero-order valence-electron chi connectivity index (χ0n) is 14.5. The summed E-state index contributed by atoms with van der Waals surface area (Å²) in [6.45, 7) is 1.50. The van der Waals surface area contributed by atoms with Gasteiger partial charge >= 0.3 is 0 Å². The van der Waals surface area contributed by atoms with E-state index in [-0.39, 0.29) is 18.1 Å². The second kappa shape index (κ2) is 7.93. The lowest BCUT2D eigenvalue weighted by Gasteiger charge is -2.07. The minimum absolute atomic E-state index is 0.0772. The number of para-hydroxylation sites is 1. The molecule has 0 bridgehead atoms. The number of methoxy groups -OCH3 is 1. The van der Waals surface area contributed by atoms with Gasteiger partial charge in [0.05, 0.1) is 24.1 Å². The van der Waals surface area contributed by atoms with E-state index in [2.05, 4.69) is 10.3 Å². The van der Waals surface area contributed by atoms with Crippen LogP contribution in [-0.4, -0.2) is 23.8 Å². The Morgan fingerprint density at radius 2 is 1.77 bits per heavy atom.